The van der Waals surface area contributed by atoms with Gasteiger partial charge < -0.3 is 9.84 Å². The van der Waals surface area contributed by atoms with Gasteiger partial charge in [0, 0.05) is 11.8 Å². The molecule has 122 valence electrons. The molecule has 3 rings (SSSR count). The number of carboxylic acid groups (broad SMARTS) is 1. The van der Waals surface area contributed by atoms with E-state index in [1.807, 2.05) is 36.4 Å². The van der Waals surface area contributed by atoms with E-state index >= 15 is 0 Å². The number of aromatic carboxylic acids is 1. The normalized spacial score (nSPS) is 10.1. The number of hydrogen-bond donors (Lipinski definition) is 1. The van der Waals surface area contributed by atoms with Gasteiger partial charge in [0.2, 0.25) is 0 Å². The third kappa shape index (κ3) is 3.33. The fraction of sp³-hybridized carbons (Fsp3) is 0.0500. The summed E-state index contributed by atoms with van der Waals surface area (Å²) in [5.74, 6) is -0.271. The highest BCUT2D eigenvalue weighted by Gasteiger charge is 2.10. The van der Waals surface area contributed by atoms with E-state index < -0.39 is 5.97 Å². The van der Waals surface area contributed by atoms with Crippen molar-refractivity contribution in [3.05, 3.63) is 71.9 Å². The number of pyridine rings is 1. The molecule has 0 saturated carbocycles. The molecule has 0 aliphatic heterocycles. The molecule has 5 nitrogen and oxygen atoms in total. The predicted molar refractivity (Wildman–Crippen MR) is 93.3 cm³/mol. The number of nitriles is 1. The molecule has 0 unspecified atom stereocenters. The van der Waals surface area contributed by atoms with Gasteiger partial charge in [-0.2, -0.15) is 5.26 Å². The molecule has 3 aromatic rings. The van der Waals surface area contributed by atoms with Gasteiger partial charge in [0.05, 0.1) is 30.0 Å². The van der Waals surface area contributed by atoms with Crippen LogP contribution in [0.3, 0.4) is 0 Å². The summed E-state index contributed by atoms with van der Waals surface area (Å²) in [6.45, 7) is 0. The third-order valence-electron chi connectivity index (χ3n) is 3.84. The molecule has 0 spiro atoms. The van der Waals surface area contributed by atoms with Crippen LogP contribution in [0.5, 0.6) is 5.75 Å². The summed E-state index contributed by atoms with van der Waals surface area (Å²) in [4.78, 5) is 15.3. The van der Waals surface area contributed by atoms with Crippen LogP contribution in [0.25, 0.3) is 22.4 Å². The van der Waals surface area contributed by atoms with Crippen LogP contribution in [0.2, 0.25) is 0 Å². The minimum atomic E-state index is -1.01. The van der Waals surface area contributed by atoms with Gasteiger partial charge in [0.15, 0.2) is 0 Å². The lowest BCUT2D eigenvalue weighted by atomic mass is 9.96. The average Bonchev–Trinajstić information content (AvgIpc) is 2.67. The minimum absolute atomic E-state index is 0.155. The SMILES string of the molecule is COc1ccc(-c2ccc(-c3cc(C(=O)O)ccn3)cc2C#N)cc1. The van der Waals surface area contributed by atoms with E-state index in [0.29, 0.717) is 16.8 Å². The zero-order chi connectivity index (χ0) is 17.8. The van der Waals surface area contributed by atoms with E-state index in [4.69, 9.17) is 9.84 Å². The summed E-state index contributed by atoms with van der Waals surface area (Å²) < 4.78 is 5.15. The lowest BCUT2D eigenvalue weighted by Gasteiger charge is -2.08. The predicted octanol–water partition coefficient (Wildman–Crippen LogP) is 3.99. The lowest BCUT2D eigenvalue weighted by molar-refractivity contribution is 0.0697. The Labute approximate surface area is 144 Å². The molecule has 1 heterocycles. The van der Waals surface area contributed by atoms with Gasteiger partial charge in [-0.25, -0.2) is 4.79 Å². The Balaban J connectivity index is 2.04. The summed E-state index contributed by atoms with van der Waals surface area (Å²) in [6.07, 6.45) is 1.45. The number of ether oxygens (including phenoxy) is 1. The highest BCUT2D eigenvalue weighted by atomic mass is 16.5. The first-order valence-electron chi connectivity index (χ1n) is 7.50. The Morgan fingerprint density at radius 1 is 1.08 bits per heavy atom. The molecule has 0 radical (unpaired) electrons. The molecule has 2 aromatic carbocycles. The molecule has 0 atom stereocenters. The fourth-order valence-corrected chi connectivity index (χ4v) is 2.54. The molecule has 0 aliphatic carbocycles. The zero-order valence-electron chi connectivity index (χ0n) is 13.4. The Bertz CT molecular complexity index is 973. The Kier molecular flexibility index (Phi) is 4.44. The number of hydrogen-bond acceptors (Lipinski definition) is 4. The summed E-state index contributed by atoms with van der Waals surface area (Å²) in [5.41, 5.74) is 3.54. The summed E-state index contributed by atoms with van der Waals surface area (Å²) >= 11 is 0. The molecular weight excluding hydrogens is 316 g/mol. The Hall–Kier alpha value is -3.65. The van der Waals surface area contributed by atoms with Crippen molar-refractivity contribution < 1.29 is 14.6 Å². The van der Waals surface area contributed by atoms with E-state index in [1.54, 1.807) is 13.2 Å². The molecule has 0 aliphatic rings. The van der Waals surface area contributed by atoms with Crippen LogP contribution < -0.4 is 4.74 Å². The second-order valence-electron chi connectivity index (χ2n) is 5.34. The van der Waals surface area contributed by atoms with Crippen molar-refractivity contribution in [3.8, 4) is 34.2 Å². The maximum absolute atomic E-state index is 11.1. The van der Waals surface area contributed by atoms with Crippen LogP contribution in [-0.2, 0) is 0 Å². The smallest absolute Gasteiger partial charge is 0.335 e. The van der Waals surface area contributed by atoms with Gasteiger partial charge in [-0.05, 0) is 41.5 Å². The van der Waals surface area contributed by atoms with Crippen LogP contribution in [-0.4, -0.2) is 23.2 Å². The maximum atomic E-state index is 11.1. The number of benzene rings is 2. The Morgan fingerprint density at radius 2 is 1.80 bits per heavy atom. The first-order chi connectivity index (χ1) is 12.1. The third-order valence-corrected chi connectivity index (χ3v) is 3.84. The van der Waals surface area contributed by atoms with Crippen LogP contribution in [0, 0.1) is 11.3 Å². The summed E-state index contributed by atoms with van der Waals surface area (Å²) in [6, 6.07) is 17.9. The van der Waals surface area contributed by atoms with Crippen LogP contribution in [0.1, 0.15) is 15.9 Å². The molecule has 5 heteroatoms. The first-order valence-corrected chi connectivity index (χ1v) is 7.50. The lowest BCUT2D eigenvalue weighted by Crippen LogP contribution is -1.97. The number of rotatable bonds is 4. The van der Waals surface area contributed by atoms with Gasteiger partial charge in [-0.3, -0.25) is 4.98 Å². The van der Waals surface area contributed by atoms with Gasteiger partial charge >= 0.3 is 5.97 Å². The minimum Gasteiger partial charge on any atom is -0.497 e. The largest absolute Gasteiger partial charge is 0.497 e. The topological polar surface area (TPSA) is 83.2 Å². The molecule has 25 heavy (non-hydrogen) atoms. The maximum Gasteiger partial charge on any atom is 0.335 e. The Morgan fingerprint density at radius 3 is 2.44 bits per heavy atom. The molecule has 1 N–H and O–H groups in total. The highest BCUT2D eigenvalue weighted by Crippen LogP contribution is 2.29. The van der Waals surface area contributed by atoms with Crippen molar-refractivity contribution >= 4 is 5.97 Å². The second-order valence-corrected chi connectivity index (χ2v) is 5.34. The average molecular weight is 330 g/mol. The number of carboxylic acids is 1. The standard InChI is InChI=1S/C20H14N2O3/c1-25-17-5-2-13(3-6-17)18-7-4-14(10-16(18)12-21)19-11-15(20(23)24)8-9-22-19/h2-11H,1H3,(H,23,24). The molecule has 0 fully saturated rings. The first kappa shape index (κ1) is 16.2. The van der Waals surface area contributed by atoms with Gasteiger partial charge in [0.1, 0.15) is 5.75 Å². The molecule has 0 saturated heterocycles. The molecular formula is C20H14N2O3. The quantitative estimate of drug-likeness (QED) is 0.782. The van der Waals surface area contributed by atoms with Gasteiger partial charge in [-0.15, -0.1) is 0 Å². The van der Waals surface area contributed by atoms with Crippen molar-refractivity contribution in [3.63, 3.8) is 0 Å². The van der Waals surface area contributed by atoms with Crippen molar-refractivity contribution in [1.29, 1.82) is 5.26 Å². The fourth-order valence-electron chi connectivity index (χ4n) is 2.54. The molecule has 1 aromatic heterocycles. The summed E-state index contributed by atoms with van der Waals surface area (Å²) in [5, 5.41) is 18.6. The van der Waals surface area contributed by atoms with Crippen LogP contribution in [0.15, 0.2) is 60.8 Å². The van der Waals surface area contributed by atoms with E-state index in [-0.39, 0.29) is 5.56 Å². The van der Waals surface area contributed by atoms with E-state index in [2.05, 4.69) is 11.1 Å². The number of methoxy groups -OCH3 is 1. The van der Waals surface area contributed by atoms with Crippen molar-refractivity contribution in [2.75, 3.05) is 7.11 Å². The van der Waals surface area contributed by atoms with Crippen LogP contribution >= 0.6 is 0 Å². The highest BCUT2D eigenvalue weighted by molar-refractivity contribution is 5.89. The number of nitrogens with zero attached hydrogens (tertiary/aromatic N) is 2. The van der Waals surface area contributed by atoms with E-state index in [1.165, 1.54) is 18.3 Å². The monoisotopic (exact) mass is 330 g/mol. The molecule has 0 bridgehead atoms. The zero-order valence-corrected chi connectivity index (χ0v) is 13.4. The van der Waals surface area contributed by atoms with Gasteiger partial charge in [0.25, 0.3) is 0 Å². The number of carbonyl (C=O) groups is 1. The molecule has 0 amide bonds. The van der Waals surface area contributed by atoms with Crippen molar-refractivity contribution in [2.45, 2.75) is 0 Å². The van der Waals surface area contributed by atoms with Gasteiger partial charge in [-0.1, -0.05) is 24.3 Å². The van der Waals surface area contributed by atoms with Crippen LogP contribution in [0.4, 0.5) is 0 Å². The summed E-state index contributed by atoms with van der Waals surface area (Å²) in [7, 11) is 1.60. The number of aromatic nitrogens is 1. The second kappa shape index (κ2) is 6.85. The van der Waals surface area contributed by atoms with E-state index in [0.717, 1.165) is 16.9 Å². The van der Waals surface area contributed by atoms with E-state index in [9.17, 15) is 10.1 Å². The van der Waals surface area contributed by atoms with Crippen molar-refractivity contribution in [1.82, 2.24) is 4.98 Å². The van der Waals surface area contributed by atoms with Crippen molar-refractivity contribution in [2.24, 2.45) is 0 Å².